The third-order valence-electron chi connectivity index (χ3n) is 3.96. The molecule has 10 atom stereocenters. The average Bonchev–Trinajstić information content (AvgIpc) is 2.82. The Hall–Kier alpha value is -0.440. The molecular weight excluding hydrogens is 320 g/mol. The zero-order valence-corrected chi connectivity index (χ0v) is 12.0. The Balaban J connectivity index is 2.03. The second-order valence-electron chi connectivity index (χ2n) is 5.53. The molecule has 0 aliphatic carbocycles. The molecule has 2 heterocycles. The van der Waals surface area contributed by atoms with Gasteiger partial charge in [-0.1, -0.05) is 0 Å². The van der Waals surface area contributed by atoms with Gasteiger partial charge in [-0.15, -0.1) is 0 Å². The van der Waals surface area contributed by atoms with Gasteiger partial charge in [-0.3, -0.25) is 0 Å². The third-order valence-corrected chi connectivity index (χ3v) is 3.96. The van der Waals surface area contributed by atoms with E-state index in [0.29, 0.717) is 0 Å². The quantitative estimate of drug-likeness (QED) is 0.238. The van der Waals surface area contributed by atoms with Gasteiger partial charge < -0.3 is 55.1 Å². The van der Waals surface area contributed by atoms with Gasteiger partial charge >= 0.3 is 0 Å². The molecular formula is C12H22O11. The number of ether oxygens (including phenoxy) is 3. The molecule has 0 saturated carbocycles. The van der Waals surface area contributed by atoms with Crippen LogP contribution >= 0.6 is 0 Å². The molecule has 11 nitrogen and oxygen atoms in total. The first kappa shape index (κ1) is 18.9. The molecule has 2 fully saturated rings. The number of aliphatic hydroxyl groups excluding tert-OH is 8. The van der Waals surface area contributed by atoms with E-state index >= 15 is 0 Å². The Morgan fingerprint density at radius 3 is 2.09 bits per heavy atom. The first-order valence-corrected chi connectivity index (χ1v) is 7.08. The highest BCUT2D eigenvalue weighted by Crippen LogP contribution is 2.29. The van der Waals surface area contributed by atoms with Crippen LogP contribution in [0.2, 0.25) is 0 Å². The minimum atomic E-state index is -1.74. The lowest BCUT2D eigenvalue weighted by Crippen LogP contribution is -2.60. The molecule has 23 heavy (non-hydrogen) atoms. The lowest BCUT2D eigenvalue weighted by molar-refractivity contribution is -0.328. The van der Waals surface area contributed by atoms with Crippen molar-refractivity contribution in [1.29, 1.82) is 0 Å². The summed E-state index contributed by atoms with van der Waals surface area (Å²) < 4.78 is 15.1. The molecule has 2 aliphatic rings. The van der Waals surface area contributed by atoms with E-state index in [9.17, 15) is 30.6 Å². The van der Waals surface area contributed by atoms with Crippen molar-refractivity contribution in [3.05, 3.63) is 0 Å². The first-order chi connectivity index (χ1) is 10.8. The van der Waals surface area contributed by atoms with Crippen molar-refractivity contribution in [2.75, 3.05) is 13.2 Å². The SMILES string of the molecule is OC[C@@H](O)[C@@H]1O[C@H](O[C@H]2C(O)O[C@H](CO)[C@H](O)[C@@H]2O)[C@H](O)[C@H]1O. The molecule has 8 N–H and O–H groups in total. The van der Waals surface area contributed by atoms with Crippen LogP contribution in [0.25, 0.3) is 0 Å². The summed E-state index contributed by atoms with van der Waals surface area (Å²) in [6.07, 6.45) is -15.3. The second-order valence-corrected chi connectivity index (χ2v) is 5.53. The minimum absolute atomic E-state index is 0.645. The van der Waals surface area contributed by atoms with Gasteiger partial charge in [0.25, 0.3) is 0 Å². The predicted molar refractivity (Wildman–Crippen MR) is 68.6 cm³/mol. The topological polar surface area (TPSA) is 190 Å². The number of aliphatic hydroxyl groups is 8. The largest absolute Gasteiger partial charge is 0.394 e. The van der Waals surface area contributed by atoms with Gasteiger partial charge in [-0.05, 0) is 0 Å². The summed E-state index contributed by atoms with van der Waals surface area (Å²) in [4.78, 5) is 0. The zero-order valence-electron chi connectivity index (χ0n) is 12.0. The Morgan fingerprint density at radius 1 is 0.870 bits per heavy atom. The van der Waals surface area contributed by atoms with Crippen LogP contribution in [0.1, 0.15) is 0 Å². The smallest absolute Gasteiger partial charge is 0.187 e. The molecule has 0 spiro atoms. The average molecular weight is 342 g/mol. The van der Waals surface area contributed by atoms with E-state index in [-0.39, 0.29) is 0 Å². The Bertz CT molecular complexity index is 382. The molecule has 0 aromatic carbocycles. The monoisotopic (exact) mass is 342 g/mol. The summed E-state index contributed by atoms with van der Waals surface area (Å²) in [6, 6.07) is 0. The van der Waals surface area contributed by atoms with Crippen LogP contribution < -0.4 is 0 Å². The van der Waals surface area contributed by atoms with Crippen LogP contribution in [0.4, 0.5) is 0 Å². The maximum atomic E-state index is 9.93. The van der Waals surface area contributed by atoms with Crippen molar-refractivity contribution in [2.45, 2.75) is 61.4 Å². The van der Waals surface area contributed by atoms with Crippen molar-refractivity contribution in [3.8, 4) is 0 Å². The zero-order chi connectivity index (χ0) is 17.3. The van der Waals surface area contributed by atoms with Crippen LogP contribution in [-0.4, -0.2) is 115 Å². The highest BCUT2D eigenvalue weighted by molar-refractivity contribution is 4.94. The second kappa shape index (κ2) is 7.63. The molecule has 1 unspecified atom stereocenters. The standard InChI is InChI=1S/C12H22O11/c13-1-3(15)9-7(18)8(19)12(22-9)23-10-6(17)5(16)4(2-14)21-11(10)20/h3-20H,1-2H2/t3-,4-,5+,6+,7-,8-,9+,10-,11?,12-/m1/s1. The predicted octanol–water partition coefficient (Wildman–Crippen LogP) is -5.40. The maximum Gasteiger partial charge on any atom is 0.187 e. The van der Waals surface area contributed by atoms with E-state index in [0.717, 1.165) is 0 Å². The van der Waals surface area contributed by atoms with E-state index in [1.807, 2.05) is 0 Å². The molecule has 0 radical (unpaired) electrons. The highest BCUT2D eigenvalue weighted by Gasteiger charge is 2.51. The number of rotatable bonds is 5. The van der Waals surface area contributed by atoms with Crippen LogP contribution in [0.15, 0.2) is 0 Å². The fourth-order valence-electron chi connectivity index (χ4n) is 2.58. The fourth-order valence-corrected chi connectivity index (χ4v) is 2.58. The van der Waals surface area contributed by atoms with Crippen LogP contribution in [-0.2, 0) is 14.2 Å². The van der Waals surface area contributed by atoms with Gasteiger partial charge in [0.15, 0.2) is 12.6 Å². The van der Waals surface area contributed by atoms with Crippen molar-refractivity contribution in [2.24, 2.45) is 0 Å². The number of hydrogen-bond acceptors (Lipinski definition) is 11. The van der Waals surface area contributed by atoms with Crippen molar-refractivity contribution >= 4 is 0 Å². The van der Waals surface area contributed by atoms with E-state index in [4.69, 9.17) is 24.4 Å². The molecule has 0 aromatic heterocycles. The third kappa shape index (κ3) is 3.65. The molecule has 136 valence electrons. The summed E-state index contributed by atoms with van der Waals surface area (Å²) in [5, 5.41) is 76.4. The summed E-state index contributed by atoms with van der Waals surface area (Å²) in [5.74, 6) is 0. The van der Waals surface area contributed by atoms with Gasteiger partial charge in [0.1, 0.15) is 48.8 Å². The molecule has 0 aromatic rings. The maximum absolute atomic E-state index is 9.93. The highest BCUT2D eigenvalue weighted by atomic mass is 16.7. The summed E-state index contributed by atoms with van der Waals surface area (Å²) in [7, 11) is 0. The van der Waals surface area contributed by atoms with Gasteiger partial charge in [-0.2, -0.15) is 0 Å². The molecule has 11 heteroatoms. The number of hydrogen-bond donors (Lipinski definition) is 8. The Labute approximate surface area is 130 Å². The summed E-state index contributed by atoms with van der Waals surface area (Å²) in [5.41, 5.74) is 0. The van der Waals surface area contributed by atoms with Crippen molar-refractivity contribution in [3.63, 3.8) is 0 Å². The normalized spacial score (nSPS) is 49.3. The van der Waals surface area contributed by atoms with Crippen LogP contribution in [0.3, 0.4) is 0 Å². The summed E-state index contributed by atoms with van der Waals surface area (Å²) in [6.45, 7) is -1.37. The van der Waals surface area contributed by atoms with Gasteiger partial charge in [0.05, 0.1) is 13.2 Å². The lowest BCUT2D eigenvalue weighted by Gasteiger charge is -2.40. The van der Waals surface area contributed by atoms with Crippen LogP contribution in [0.5, 0.6) is 0 Å². The molecule has 0 amide bonds. The van der Waals surface area contributed by atoms with Gasteiger partial charge in [0.2, 0.25) is 0 Å². The molecule has 0 bridgehead atoms. The van der Waals surface area contributed by atoms with E-state index in [1.54, 1.807) is 0 Å². The lowest BCUT2D eigenvalue weighted by atomic mass is 9.99. The molecule has 2 aliphatic heterocycles. The molecule has 2 saturated heterocycles. The van der Waals surface area contributed by atoms with Gasteiger partial charge in [-0.25, -0.2) is 0 Å². The van der Waals surface area contributed by atoms with E-state index in [2.05, 4.69) is 0 Å². The Kier molecular flexibility index (Phi) is 6.27. The summed E-state index contributed by atoms with van der Waals surface area (Å²) >= 11 is 0. The minimum Gasteiger partial charge on any atom is -0.394 e. The Morgan fingerprint density at radius 2 is 1.52 bits per heavy atom. The first-order valence-electron chi connectivity index (χ1n) is 7.08. The fraction of sp³-hybridized carbons (Fsp3) is 1.00. The van der Waals surface area contributed by atoms with E-state index < -0.39 is 74.6 Å². The van der Waals surface area contributed by atoms with E-state index in [1.165, 1.54) is 0 Å². The van der Waals surface area contributed by atoms with Crippen LogP contribution in [0, 0.1) is 0 Å². The molecule has 2 rings (SSSR count). The van der Waals surface area contributed by atoms with Crippen molar-refractivity contribution in [1.82, 2.24) is 0 Å². The van der Waals surface area contributed by atoms with Gasteiger partial charge in [0, 0.05) is 0 Å². The van der Waals surface area contributed by atoms with Crippen molar-refractivity contribution < 1.29 is 55.1 Å².